The molecule has 0 spiro atoms. The number of hydrogen-bond acceptors (Lipinski definition) is 3. The summed E-state index contributed by atoms with van der Waals surface area (Å²) in [5, 5.41) is 14.7. The smallest absolute Gasteiger partial charge is 0.318 e. The van der Waals surface area contributed by atoms with Crippen LogP contribution in [0.15, 0.2) is 60.7 Å². The van der Waals surface area contributed by atoms with Crippen LogP contribution >= 0.6 is 0 Å². The van der Waals surface area contributed by atoms with Crippen molar-refractivity contribution in [2.45, 2.75) is 18.9 Å². The maximum Gasteiger partial charge on any atom is 0.318 e. The van der Waals surface area contributed by atoms with Gasteiger partial charge in [-0.3, -0.25) is 4.79 Å². The Hall–Kier alpha value is -2.86. The van der Waals surface area contributed by atoms with Crippen LogP contribution in [0.5, 0.6) is 0 Å². The quantitative estimate of drug-likeness (QED) is 0.628. The van der Waals surface area contributed by atoms with Crippen molar-refractivity contribution in [1.29, 1.82) is 0 Å². The number of nitrogens with one attached hydrogen (secondary N) is 2. The molecule has 1 unspecified atom stereocenters. The van der Waals surface area contributed by atoms with Crippen LogP contribution in [0, 0.1) is 0 Å². The zero-order chi connectivity index (χ0) is 19.5. The van der Waals surface area contributed by atoms with Gasteiger partial charge in [-0.1, -0.05) is 60.7 Å². The van der Waals surface area contributed by atoms with Gasteiger partial charge in [0.05, 0.1) is 6.61 Å². The Balaban J connectivity index is 2.01. The third kappa shape index (κ3) is 6.75. The van der Waals surface area contributed by atoms with Crippen LogP contribution < -0.4 is 10.6 Å². The summed E-state index contributed by atoms with van der Waals surface area (Å²) in [5.74, 6) is -0.251. The highest BCUT2D eigenvalue weighted by Gasteiger charge is 2.23. The fourth-order valence-electron chi connectivity index (χ4n) is 2.82. The lowest BCUT2D eigenvalue weighted by atomic mass is 10.1. The SMILES string of the molecule is CNC(=O)C(Cc1ccccc1)NC(=O)N(CCO)CCc1ccccc1. The Kier molecular flexibility index (Phi) is 8.32. The molecular formula is C21H27N3O3. The molecule has 144 valence electrons. The van der Waals surface area contributed by atoms with E-state index in [1.54, 1.807) is 7.05 Å². The molecule has 3 N–H and O–H groups in total. The first-order valence-corrected chi connectivity index (χ1v) is 9.09. The number of urea groups is 1. The van der Waals surface area contributed by atoms with E-state index in [0.717, 1.165) is 11.1 Å². The van der Waals surface area contributed by atoms with Crippen molar-refractivity contribution in [2.75, 3.05) is 26.7 Å². The van der Waals surface area contributed by atoms with Crippen LogP contribution in [-0.4, -0.2) is 54.7 Å². The molecule has 0 radical (unpaired) electrons. The number of benzene rings is 2. The zero-order valence-electron chi connectivity index (χ0n) is 15.6. The Labute approximate surface area is 160 Å². The molecule has 0 fully saturated rings. The molecule has 6 nitrogen and oxygen atoms in total. The predicted molar refractivity (Wildman–Crippen MR) is 105 cm³/mol. The largest absolute Gasteiger partial charge is 0.395 e. The summed E-state index contributed by atoms with van der Waals surface area (Å²) < 4.78 is 0. The van der Waals surface area contributed by atoms with Crippen LogP contribution in [0.4, 0.5) is 4.79 Å². The second kappa shape index (κ2) is 11.0. The number of carbonyl (C=O) groups is 2. The van der Waals surface area contributed by atoms with Gasteiger partial charge in [0.2, 0.25) is 5.91 Å². The van der Waals surface area contributed by atoms with E-state index < -0.39 is 6.04 Å². The maximum atomic E-state index is 12.7. The van der Waals surface area contributed by atoms with Crippen molar-refractivity contribution >= 4 is 11.9 Å². The van der Waals surface area contributed by atoms with Crippen molar-refractivity contribution in [3.63, 3.8) is 0 Å². The summed E-state index contributed by atoms with van der Waals surface area (Å²) >= 11 is 0. The molecule has 0 aliphatic rings. The highest BCUT2D eigenvalue weighted by atomic mass is 16.3. The Morgan fingerprint density at radius 1 is 0.963 bits per heavy atom. The van der Waals surface area contributed by atoms with Crippen molar-refractivity contribution < 1.29 is 14.7 Å². The Morgan fingerprint density at radius 3 is 2.11 bits per heavy atom. The molecule has 0 heterocycles. The zero-order valence-corrected chi connectivity index (χ0v) is 15.6. The lowest BCUT2D eigenvalue weighted by molar-refractivity contribution is -0.122. The van der Waals surface area contributed by atoms with Crippen molar-refractivity contribution in [2.24, 2.45) is 0 Å². The lowest BCUT2D eigenvalue weighted by Gasteiger charge is -2.25. The average Bonchev–Trinajstić information content (AvgIpc) is 2.71. The molecule has 0 saturated heterocycles. The minimum atomic E-state index is -0.678. The number of aliphatic hydroxyl groups excluding tert-OH is 1. The molecule has 0 bridgehead atoms. The first-order chi connectivity index (χ1) is 13.1. The number of nitrogens with zero attached hydrogens (tertiary/aromatic N) is 1. The van der Waals surface area contributed by atoms with Crippen LogP contribution in [-0.2, 0) is 17.6 Å². The van der Waals surface area contributed by atoms with Crippen LogP contribution in [0.2, 0.25) is 0 Å². The van der Waals surface area contributed by atoms with Crippen molar-refractivity contribution in [1.82, 2.24) is 15.5 Å². The Bertz CT molecular complexity index is 707. The lowest BCUT2D eigenvalue weighted by Crippen LogP contribution is -2.52. The minimum absolute atomic E-state index is 0.133. The molecule has 6 heteroatoms. The van der Waals surface area contributed by atoms with E-state index in [-0.39, 0.29) is 25.1 Å². The van der Waals surface area contributed by atoms with Gasteiger partial charge >= 0.3 is 6.03 Å². The highest BCUT2D eigenvalue weighted by molar-refractivity contribution is 5.87. The predicted octanol–water partition coefficient (Wildman–Crippen LogP) is 1.59. The molecule has 0 aromatic heterocycles. The molecule has 0 aliphatic carbocycles. The van der Waals surface area contributed by atoms with Gasteiger partial charge in [0.1, 0.15) is 6.04 Å². The number of carbonyl (C=O) groups excluding carboxylic acids is 2. The fourth-order valence-corrected chi connectivity index (χ4v) is 2.82. The van der Waals surface area contributed by atoms with E-state index in [0.29, 0.717) is 19.4 Å². The van der Waals surface area contributed by atoms with Gasteiger partial charge in [0, 0.05) is 26.6 Å². The van der Waals surface area contributed by atoms with Crippen LogP contribution in [0.25, 0.3) is 0 Å². The molecule has 2 aromatic rings. The monoisotopic (exact) mass is 369 g/mol. The molecule has 3 amide bonds. The summed E-state index contributed by atoms with van der Waals surface area (Å²) in [6.07, 6.45) is 1.08. The van der Waals surface area contributed by atoms with Gasteiger partial charge in [-0.15, -0.1) is 0 Å². The molecule has 0 saturated carbocycles. The van der Waals surface area contributed by atoms with Gasteiger partial charge < -0.3 is 20.6 Å². The minimum Gasteiger partial charge on any atom is -0.395 e. The van der Waals surface area contributed by atoms with Gasteiger partial charge in [0.15, 0.2) is 0 Å². The second-order valence-corrected chi connectivity index (χ2v) is 6.25. The number of likely N-dealkylation sites (N-methyl/N-ethyl adjacent to an activating group) is 1. The fraction of sp³-hybridized carbons (Fsp3) is 0.333. The summed E-state index contributed by atoms with van der Waals surface area (Å²) in [7, 11) is 1.55. The van der Waals surface area contributed by atoms with E-state index in [1.165, 1.54) is 4.90 Å². The van der Waals surface area contributed by atoms with Crippen molar-refractivity contribution in [3.05, 3.63) is 71.8 Å². The van der Waals surface area contributed by atoms with Crippen LogP contribution in [0.1, 0.15) is 11.1 Å². The first-order valence-electron chi connectivity index (χ1n) is 9.09. The van der Waals surface area contributed by atoms with Gasteiger partial charge in [-0.05, 0) is 17.5 Å². The molecule has 2 rings (SSSR count). The van der Waals surface area contributed by atoms with Crippen molar-refractivity contribution in [3.8, 4) is 0 Å². The van der Waals surface area contributed by atoms with E-state index in [4.69, 9.17) is 0 Å². The van der Waals surface area contributed by atoms with Gasteiger partial charge in [-0.2, -0.15) is 0 Å². The normalized spacial score (nSPS) is 11.5. The number of hydrogen-bond donors (Lipinski definition) is 3. The average molecular weight is 369 g/mol. The molecule has 2 aromatic carbocycles. The number of amides is 3. The number of rotatable bonds is 9. The van der Waals surface area contributed by atoms with E-state index in [9.17, 15) is 14.7 Å². The van der Waals surface area contributed by atoms with Gasteiger partial charge in [-0.25, -0.2) is 4.79 Å². The summed E-state index contributed by atoms with van der Waals surface area (Å²) in [6, 6.07) is 18.4. The van der Waals surface area contributed by atoms with Gasteiger partial charge in [0.25, 0.3) is 0 Å². The number of aliphatic hydroxyl groups is 1. The molecule has 0 aliphatic heterocycles. The topological polar surface area (TPSA) is 81.7 Å². The van der Waals surface area contributed by atoms with E-state index in [2.05, 4.69) is 10.6 Å². The van der Waals surface area contributed by atoms with E-state index in [1.807, 2.05) is 60.7 Å². The maximum absolute atomic E-state index is 12.7. The van der Waals surface area contributed by atoms with Crippen LogP contribution in [0.3, 0.4) is 0 Å². The summed E-state index contributed by atoms with van der Waals surface area (Å²) in [6.45, 7) is 0.540. The second-order valence-electron chi connectivity index (χ2n) is 6.25. The summed E-state index contributed by atoms with van der Waals surface area (Å²) in [4.78, 5) is 26.5. The molecular weight excluding hydrogens is 342 g/mol. The first kappa shape index (κ1) is 20.5. The Morgan fingerprint density at radius 2 is 1.56 bits per heavy atom. The van der Waals surface area contributed by atoms with E-state index >= 15 is 0 Å². The third-order valence-electron chi connectivity index (χ3n) is 4.31. The highest BCUT2D eigenvalue weighted by Crippen LogP contribution is 2.06. The standard InChI is InChI=1S/C21H27N3O3/c1-22-20(26)19(16-18-10-6-3-7-11-18)23-21(27)24(14-15-25)13-12-17-8-4-2-5-9-17/h2-11,19,25H,12-16H2,1H3,(H,22,26)(H,23,27). The summed E-state index contributed by atoms with van der Waals surface area (Å²) in [5.41, 5.74) is 2.07. The third-order valence-corrected chi connectivity index (χ3v) is 4.31. The molecule has 27 heavy (non-hydrogen) atoms. The molecule has 1 atom stereocenters.